The van der Waals surface area contributed by atoms with Crippen LogP contribution in [0.25, 0.3) is 21.3 Å². The standard InChI is InChI=1S/C28H29FN2OS/c1-18-19(2)27-26(30-17-33-27)15-24(18)20-6-11-25-21(14-20)16-32-28(25,12-5-13-31(3)4)22-7-9-23(29)10-8-22/h6-11,14-15,17H,5,12-13,16H2,1-4H3. The van der Waals surface area contributed by atoms with Crippen molar-refractivity contribution in [2.24, 2.45) is 0 Å². The summed E-state index contributed by atoms with van der Waals surface area (Å²) in [5, 5.41) is 0. The molecular formula is C28H29FN2OS. The number of rotatable bonds is 6. The average molecular weight is 461 g/mol. The third-order valence-corrected chi connectivity index (χ3v) is 7.92. The molecule has 0 amide bonds. The highest BCUT2D eigenvalue weighted by Crippen LogP contribution is 2.47. The van der Waals surface area contributed by atoms with Crippen LogP contribution in [-0.4, -0.2) is 30.5 Å². The van der Waals surface area contributed by atoms with E-state index in [9.17, 15) is 4.39 Å². The fourth-order valence-electron chi connectivity index (χ4n) is 5.06. The van der Waals surface area contributed by atoms with Gasteiger partial charge in [0.25, 0.3) is 0 Å². The molecule has 3 nitrogen and oxygen atoms in total. The molecule has 2 heterocycles. The summed E-state index contributed by atoms with van der Waals surface area (Å²) in [7, 11) is 4.17. The lowest BCUT2D eigenvalue weighted by atomic mass is 9.81. The first-order chi connectivity index (χ1) is 15.9. The highest BCUT2D eigenvalue weighted by Gasteiger charge is 2.41. The van der Waals surface area contributed by atoms with Crippen molar-refractivity contribution >= 4 is 21.6 Å². The number of aromatic nitrogens is 1. The van der Waals surface area contributed by atoms with Crippen molar-refractivity contribution < 1.29 is 9.13 Å². The van der Waals surface area contributed by atoms with Crippen LogP contribution < -0.4 is 0 Å². The van der Waals surface area contributed by atoms with Gasteiger partial charge in [-0.2, -0.15) is 0 Å². The van der Waals surface area contributed by atoms with Gasteiger partial charge in [-0.3, -0.25) is 0 Å². The Morgan fingerprint density at radius 2 is 1.85 bits per heavy atom. The van der Waals surface area contributed by atoms with Crippen LogP contribution in [0.1, 0.15) is 40.7 Å². The maximum absolute atomic E-state index is 13.7. The van der Waals surface area contributed by atoms with Crippen LogP contribution in [0.3, 0.4) is 0 Å². The second-order valence-electron chi connectivity index (χ2n) is 9.28. The van der Waals surface area contributed by atoms with Crippen LogP contribution in [0.4, 0.5) is 4.39 Å². The SMILES string of the molecule is Cc1c(-c2ccc3c(c2)COC3(CCCN(C)C)c2ccc(F)cc2)cc2ncsc2c1C. The molecule has 0 spiro atoms. The Labute approximate surface area is 198 Å². The minimum atomic E-state index is -0.540. The molecule has 0 N–H and O–H groups in total. The number of ether oxygens (including phenoxy) is 1. The summed E-state index contributed by atoms with van der Waals surface area (Å²) in [5.41, 5.74) is 10.9. The number of fused-ring (bicyclic) bond motifs is 2. The number of aryl methyl sites for hydroxylation is 1. The molecule has 0 fully saturated rings. The third-order valence-electron chi connectivity index (χ3n) is 6.95. The number of halogens is 1. The molecule has 4 aromatic rings. The second-order valence-corrected chi connectivity index (χ2v) is 10.1. The molecule has 5 rings (SSSR count). The molecule has 0 saturated carbocycles. The lowest BCUT2D eigenvalue weighted by Gasteiger charge is -2.31. The molecule has 0 aliphatic carbocycles. The van der Waals surface area contributed by atoms with Gasteiger partial charge in [-0.25, -0.2) is 9.37 Å². The zero-order valence-corrected chi connectivity index (χ0v) is 20.4. The summed E-state index contributed by atoms with van der Waals surface area (Å²) in [4.78, 5) is 6.75. The normalized spacial score (nSPS) is 17.8. The van der Waals surface area contributed by atoms with Crippen molar-refractivity contribution in [3.05, 3.63) is 87.7 Å². The highest BCUT2D eigenvalue weighted by atomic mass is 32.1. The summed E-state index contributed by atoms with van der Waals surface area (Å²) in [6.07, 6.45) is 1.84. The van der Waals surface area contributed by atoms with Gasteiger partial charge in [0.1, 0.15) is 11.4 Å². The summed E-state index contributed by atoms with van der Waals surface area (Å²) < 4.78 is 21.5. The molecule has 0 bridgehead atoms. The van der Waals surface area contributed by atoms with E-state index in [0.29, 0.717) is 6.61 Å². The monoisotopic (exact) mass is 460 g/mol. The highest BCUT2D eigenvalue weighted by molar-refractivity contribution is 7.17. The zero-order valence-electron chi connectivity index (χ0n) is 19.6. The molecule has 0 radical (unpaired) electrons. The topological polar surface area (TPSA) is 25.4 Å². The van der Waals surface area contributed by atoms with Crippen molar-refractivity contribution in [3.8, 4) is 11.1 Å². The third kappa shape index (κ3) is 3.88. The van der Waals surface area contributed by atoms with Crippen molar-refractivity contribution in [1.82, 2.24) is 9.88 Å². The molecule has 170 valence electrons. The molecule has 0 saturated heterocycles. The van der Waals surface area contributed by atoms with E-state index < -0.39 is 5.60 Å². The maximum Gasteiger partial charge on any atom is 0.123 e. The summed E-state index contributed by atoms with van der Waals surface area (Å²) in [5.74, 6) is -0.223. The van der Waals surface area contributed by atoms with Gasteiger partial charge in [0, 0.05) is 0 Å². The quantitative estimate of drug-likeness (QED) is 0.315. The average Bonchev–Trinajstić information content (AvgIpc) is 3.42. The van der Waals surface area contributed by atoms with Gasteiger partial charge in [0.05, 0.1) is 22.3 Å². The minimum absolute atomic E-state index is 0.223. The molecule has 1 aromatic heterocycles. The van der Waals surface area contributed by atoms with Gasteiger partial charge >= 0.3 is 0 Å². The summed E-state index contributed by atoms with van der Waals surface area (Å²) in [6.45, 7) is 5.91. The summed E-state index contributed by atoms with van der Waals surface area (Å²) in [6, 6.07) is 15.7. The Balaban J connectivity index is 1.58. The number of nitrogens with zero attached hydrogens (tertiary/aromatic N) is 2. The van der Waals surface area contributed by atoms with Crippen LogP contribution in [-0.2, 0) is 16.9 Å². The fourth-order valence-corrected chi connectivity index (χ4v) is 5.90. The Kier molecular flexibility index (Phi) is 5.81. The van der Waals surface area contributed by atoms with Gasteiger partial charge in [0.2, 0.25) is 0 Å². The van der Waals surface area contributed by atoms with E-state index in [0.717, 1.165) is 30.5 Å². The van der Waals surface area contributed by atoms with Gasteiger partial charge in [0.15, 0.2) is 0 Å². The van der Waals surface area contributed by atoms with Crippen LogP contribution in [0.5, 0.6) is 0 Å². The predicted octanol–water partition coefficient (Wildman–Crippen LogP) is 6.83. The number of hydrogen-bond donors (Lipinski definition) is 0. The van der Waals surface area contributed by atoms with Gasteiger partial charge in [-0.05, 0) is 111 Å². The molecular weight excluding hydrogens is 431 g/mol. The van der Waals surface area contributed by atoms with Gasteiger partial charge in [-0.15, -0.1) is 11.3 Å². The van der Waals surface area contributed by atoms with E-state index in [4.69, 9.17) is 4.74 Å². The van der Waals surface area contributed by atoms with Crippen LogP contribution in [0.15, 0.2) is 54.0 Å². The Morgan fingerprint density at radius 1 is 1.06 bits per heavy atom. The number of benzene rings is 3. The first-order valence-corrected chi connectivity index (χ1v) is 12.3. The molecule has 3 aromatic carbocycles. The van der Waals surface area contributed by atoms with E-state index in [1.807, 2.05) is 17.6 Å². The van der Waals surface area contributed by atoms with Crippen molar-refractivity contribution in [1.29, 1.82) is 0 Å². The van der Waals surface area contributed by atoms with Crippen molar-refractivity contribution in [2.45, 2.75) is 38.9 Å². The Hall–Kier alpha value is -2.60. The first kappa shape index (κ1) is 22.2. The lowest BCUT2D eigenvalue weighted by molar-refractivity contribution is -0.0140. The largest absolute Gasteiger partial charge is 0.361 e. The van der Waals surface area contributed by atoms with Crippen molar-refractivity contribution in [3.63, 3.8) is 0 Å². The van der Waals surface area contributed by atoms with Crippen LogP contribution >= 0.6 is 11.3 Å². The first-order valence-electron chi connectivity index (χ1n) is 11.4. The molecule has 1 aliphatic rings. The van der Waals surface area contributed by atoms with Gasteiger partial charge in [-0.1, -0.05) is 24.3 Å². The van der Waals surface area contributed by atoms with Crippen LogP contribution in [0.2, 0.25) is 0 Å². The molecule has 1 atom stereocenters. The molecule has 33 heavy (non-hydrogen) atoms. The van der Waals surface area contributed by atoms with E-state index in [2.05, 4.69) is 62.1 Å². The van der Waals surface area contributed by atoms with E-state index >= 15 is 0 Å². The van der Waals surface area contributed by atoms with E-state index in [1.54, 1.807) is 11.3 Å². The number of thiazole rings is 1. The van der Waals surface area contributed by atoms with Gasteiger partial charge < -0.3 is 9.64 Å². The minimum Gasteiger partial charge on any atom is -0.361 e. The molecule has 1 aliphatic heterocycles. The lowest BCUT2D eigenvalue weighted by Crippen LogP contribution is -2.28. The Bertz CT molecular complexity index is 1310. The second kappa shape index (κ2) is 8.64. The van der Waals surface area contributed by atoms with Crippen molar-refractivity contribution in [2.75, 3.05) is 20.6 Å². The van der Waals surface area contributed by atoms with Crippen LogP contribution in [0, 0.1) is 19.7 Å². The van der Waals surface area contributed by atoms with E-state index in [1.165, 1.54) is 50.2 Å². The Morgan fingerprint density at radius 3 is 2.61 bits per heavy atom. The maximum atomic E-state index is 13.7. The summed E-state index contributed by atoms with van der Waals surface area (Å²) >= 11 is 1.70. The molecule has 5 heteroatoms. The number of hydrogen-bond acceptors (Lipinski definition) is 4. The molecule has 1 unspecified atom stereocenters. The predicted molar refractivity (Wildman–Crippen MR) is 134 cm³/mol. The van der Waals surface area contributed by atoms with E-state index in [-0.39, 0.29) is 5.82 Å². The zero-order chi connectivity index (χ0) is 23.2. The smallest absolute Gasteiger partial charge is 0.123 e. The fraction of sp³-hybridized carbons (Fsp3) is 0.321.